The van der Waals surface area contributed by atoms with Gasteiger partial charge >= 0.3 is 0 Å². The monoisotopic (exact) mass is 356 g/mol. The SMILES string of the molecule is Brc1ccc(COc2cccc(/C=N/n3cnnc3)c2)cc1. The van der Waals surface area contributed by atoms with Crippen LogP contribution in [0.5, 0.6) is 5.75 Å². The van der Waals surface area contributed by atoms with Crippen molar-refractivity contribution in [2.75, 3.05) is 0 Å². The second-order valence-electron chi connectivity index (χ2n) is 4.57. The summed E-state index contributed by atoms with van der Waals surface area (Å²) in [5.74, 6) is 0.802. The second kappa shape index (κ2) is 7.00. The highest BCUT2D eigenvalue weighted by atomic mass is 79.9. The van der Waals surface area contributed by atoms with E-state index >= 15 is 0 Å². The zero-order valence-electron chi connectivity index (χ0n) is 11.6. The highest BCUT2D eigenvalue weighted by Crippen LogP contribution is 2.16. The van der Waals surface area contributed by atoms with E-state index in [0.29, 0.717) is 6.61 Å². The molecule has 3 rings (SSSR count). The Morgan fingerprint density at radius 1 is 1.09 bits per heavy atom. The fraction of sp³-hybridized carbons (Fsp3) is 0.0625. The van der Waals surface area contributed by atoms with E-state index in [1.54, 1.807) is 6.21 Å². The van der Waals surface area contributed by atoms with E-state index in [0.717, 1.165) is 21.3 Å². The van der Waals surface area contributed by atoms with Crippen LogP contribution in [-0.2, 0) is 6.61 Å². The molecule has 0 fully saturated rings. The Morgan fingerprint density at radius 3 is 2.64 bits per heavy atom. The van der Waals surface area contributed by atoms with Crippen molar-refractivity contribution in [3.8, 4) is 5.75 Å². The van der Waals surface area contributed by atoms with Crippen LogP contribution in [0.3, 0.4) is 0 Å². The lowest BCUT2D eigenvalue weighted by molar-refractivity contribution is 0.306. The zero-order valence-corrected chi connectivity index (χ0v) is 13.2. The summed E-state index contributed by atoms with van der Waals surface area (Å²) in [6, 6.07) is 15.8. The number of hydrogen-bond acceptors (Lipinski definition) is 4. The molecule has 1 heterocycles. The standard InChI is InChI=1S/C16H13BrN4O/c17-15-6-4-13(5-7-15)10-22-16-3-1-2-14(8-16)9-20-21-11-18-19-12-21/h1-9,11-12H,10H2/b20-9+. The number of benzene rings is 2. The van der Waals surface area contributed by atoms with Crippen LogP contribution < -0.4 is 4.74 Å². The van der Waals surface area contributed by atoms with E-state index in [1.807, 2.05) is 48.5 Å². The van der Waals surface area contributed by atoms with Gasteiger partial charge in [0.15, 0.2) is 0 Å². The summed E-state index contributed by atoms with van der Waals surface area (Å²) in [5, 5.41) is 11.6. The minimum Gasteiger partial charge on any atom is -0.489 e. The zero-order chi connectivity index (χ0) is 15.2. The van der Waals surface area contributed by atoms with Crippen LogP contribution in [0.25, 0.3) is 0 Å². The molecule has 0 spiro atoms. The van der Waals surface area contributed by atoms with Crippen molar-refractivity contribution in [3.63, 3.8) is 0 Å². The van der Waals surface area contributed by atoms with Crippen LogP contribution in [0.1, 0.15) is 11.1 Å². The molecule has 5 nitrogen and oxygen atoms in total. The minimum atomic E-state index is 0.527. The van der Waals surface area contributed by atoms with Gasteiger partial charge in [0.1, 0.15) is 25.0 Å². The predicted octanol–water partition coefficient (Wildman–Crippen LogP) is 3.50. The Bertz CT molecular complexity index is 754. The smallest absolute Gasteiger partial charge is 0.141 e. The molecular formula is C16H13BrN4O. The van der Waals surface area contributed by atoms with E-state index in [4.69, 9.17) is 4.74 Å². The molecule has 0 bridgehead atoms. The number of hydrogen-bond donors (Lipinski definition) is 0. The van der Waals surface area contributed by atoms with E-state index in [1.165, 1.54) is 17.3 Å². The fourth-order valence-corrected chi connectivity index (χ4v) is 2.08. The fourth-order valence-electron chi connectivity index (χ4n) is 1.82. The number of rotatable bonds is 5. The maximum atomic E-state index is 5.80. The minimum absolute atomic E-state index is 0.527. The maximum Gasteiger partial charge on any atom is 0.141 e. The van der Waals surface area contributed by atoms with Gasteiger partial charge in [-0.2, -0.15) is 5.10 Å². The van der Waals surface area contributed by atoms with Crippen molar-refractivity contribution in [1.29, 1.82) is 0 Å². The molecule has 6 heteroatoms. The third kappa shape index (κ3) is 4.02. The highest BCUT2D eigenvalue weighted by molar-refractivity contribution is 9.10. The summed E-state index contributed by atoms with van der Waals surface area (Å²) in [5.41, 5.74) is 2.06. The van der Waals surface area contributed by atoms with Crippen LogP contribution >= 0.6 is 15.9 Å². The first-order chi connectivity index (χ1) is 10.8. The molecule has 0 atom stereocenters. The summed E-state index contributed by atoms with van der Waals surface area (Å²) in [6.07, 6.45) is 4.80. The average Bonchev–Trinajstić information content (AvgIpc) is 3.06. The molecule has 0 saturated carbocycles. The third-order valence-corrected chi connectivity index (χ3v) is 3.45. The average molecular weight is 357 g/mol. The van der Waals surface area contributed by atoms with Crippen LogP contribution in [0, 0.1) is 0 Å². The van der Waals surface area contributed by atoms with Gasteiger partial charge in [-0.25, -0.2) is 4.68 Å². The van der Waals surface area contributed by atoms with Gasteiger partial charge in [-0.1, -0.05) is 40.2 Å². The quantitative estimate of drug-likeness (QED) is 0.657. The topological polar surface area (TPSA) is 52.3 Å². The van der Waals surface area contributed by atoms with Gasteiger partial charge < -0.3 is 4.74 Å². The summed E-state index contributed by atoms with van der Waals surface area (Å²) < 4.78 is 8.40. The Kier molecular flexibility index (Phi) is 4.60. The first-order valence-electron chi connectivity index (χ1n) is 6.66. The van der Waals surface area contributed by atoms with Crippen molar-refractivity contribution in [2.24, 2.45) is 5.10 Å². The number of ether oxygens (including phenoxy) is 1. The van der Waals surface area contributed by atoms with Crippen molar-refractivity contribution < 1.29 is 4.74 Å². The largest absolute Gasteiger partial charge is 0.489 e. The molecule has 0 radical (unpaired) electrons. The van der Waals surface area contributed by atoms with Gasteiger partial charge in [-0.05, 0) is 35.4 Å². The first kappa shape index (κ1) is 14.5. The number of halogens is 1. The molecule has 1 aromatic heterocycles. The van der Waals surface area contributed by atoms with Crippen LogP contribution in [0.4, 0.5) is 0 Å². The molecule has 22 heavy (non-hydrogen) atoms. The van der Waals surface area contributed by atoms with Crippen LogP contribution in [0.15, 0.2) is 70.8 Å². The van der Waals surface area contributed by atoms with Gasteiger partial charge in [0.25, 0.3) is 0 Å². The van der Waals surface area contributed by atoms with Crippen molar-refractivity contribution >= 4 is 22.1 Å². The molecule has 0 aliphatic heterocycles. The van der Waals surface area contributed by atoms with E-state index in [2.05, 4.69) is 31.2 Å². The first-order valence-corrected chi connectivity index (χ1v) is 7.45. The number of nitrogens with zero attached hydrogens (tertiary/aromatic N) is 4. The van der Waals surface area contributed by atoms with Crippen LogP contribution in [0.2, 0.25) is 0 Å². The van der Waals surface area contributed by atoms with Gasteiger partial charge in [-0.3, -0.25) is 0 Å². The molecule has 3 aromatic rings. The second-order valence-corrected chi connectivity index (χ2v) is 5.49. The Hall–Kier alpha value is -2.47. The summed E-state index contributed by atoms with van der Waals surface area (Å²) >= 11 is 3.42. The lowest BCUT2D eigenvalue weighted by atomic mass is 10.2. The Balaban J connectivity index is 1.64. The van der Waals surface area contributed by atoms with Crippen molar-refractivity contribution in [2.45, 2.75) is 6.61 Å². The number of aromatic nitrogens is 3. The molecule has 0 N–H and O–H groups in total. The van der Waals surface area contributed by atoms with E-state index in [9.17, 15) is 0 Å². The summed E-state index contributed by atoms with van der Waals surface area (Å²) in [7, 11) is 0. The molecule has 0 saturated heterocycles. The summed E-state index contributed by atoms with van der Waals surface area (Å²) in [6.45, 7) is 0.527. The van der Waals surface area contributed by atoms with E-state index < -0.39 is 0 Å². The Labute approximate surface area is 136 Å². The summed E-state index contributed by atoms with van der Waals surface area (Å²) in [4.78, 5) is 0. The van der Waals surface area contributed by atoms with Crippen molar-refractivity contribution in [3.05, 3.63) is 76.8 Å². The van der Waals surface area contributed by atoms with Gasteiger partial charge in [0.05, 0.1) is 6.21 Å². The molecule has 0 aliphatic carbocycles. The molecule has 0 unspecified atom stereocenters. The van der Waals surface area contributed by atoms with Gasteiger partial charge in [-0.15, -0.1) is 10.2 Å². The lowest BCUT2D eigenvalue weighted by Crippen LogP contribution is -1.96. The Morgan fingerprint density at radius 2 is 1.86 bits per heavy atom. The lowest BCUT2D eigenvalue weighted by Gasteiger charge is -2.07. The van der Waals surface area contributed by atoms with E-state index in [-0.39, 0.29) is 0 Å². The molecule has 0 amide bonds. The third-order valence-electron chi connectivity index (χ3n) is 2.92. The van der Waals surface area contributed by atoms with Crippen molar-refractivity contribution in [1.82, 2.24) is 14.9 Å². The normalized spacial score (nSPS) is 11.0. The highest BCUT2D eigenvalue weighted by Gasteiger charge is 1.98. The van der Waals surface area contributed by atoms with Crippen LogP contribution in [-0.4, -0.2) is 21.1 Å². The molecular weight excluding hydrogens is 344 g/mol. The maximum absolute atomic E-state index is 5.80. The van der Waals surface area contributed by atoms with Gasteiger partial charge in [0.2, 0.25) is 0 Å². The molecule has 110 valence electrons. The van der Waals surface area contributed by atoms with Gasteiger partial charge in [0, 0.05) is 4.47 Å². The molecule has 2 aromatic carbocycles. The predicted molar refractivity (Wildman–Crippen MR) is 87.9 cm³/mol. The molecule has 0 aliphatic rings.